The van der Waals surface area contributed by atoms with Crippen LogP contribution in [-0.4, -0.2) is 15.7 Å². The number of hydrogen-bond acceptors (Lipinski definition) is 3. The van der Waals surface area contributed by atoms with Crippen LogP contribution >= 0.6 is 0 Å². The average molecular weight is 379 g/mol. The van der Waals surface area contributed by atoms with Crippen LogP contribution in [0.15, 0.2) is 89.9 Å². The van der Waals surface area contributed by atoms with Crippen LogP contribution in [0, 0.1) is 11.8 Å². The highest BCUT2D eigenvalue weighted by Gasteiger charge is 2.08. The van der Waals surface area contributed by atoms with Gasteiger partial charge in [0.25, 0.3) is 0 Å². The van der Waals surface area contributed by atoms with E-state index in [2.05, 4.69) is 22.3 Å². The topological polar surface area (TPSA) is 64.0 Å². The van der Waals surface area contributed by atoms with Gasteiger partial charge in [-0.3, -0.25) is 14.3 Å². The molecule has 0 radical (unpaired) electrons. The van der Waals surface area contributed by atoms with Crippen molar-refractivity contribution >= 4 is 22.5 Å². The smallest absolute Gasteiger partial charge is 0.246 e. The van der Waals surface area contributed by atoms with Crippen LogP contribution in [-0.2, 0) is 11.3 Å². The lowest BCUT2D eigenvalue weighted by Gasteiger charge is -2.10. The molecule has 5 heteroatoms. The molecule has 1 amide bonds. The van der Waals surface area contributed by atoms with Gasteiger partial charge in [-0.2, -0.15) is 5.10 Å². The molecule has 1 N–H and O–H groups in total. The van der Waals surface area contributed by atoms with Crippen molar-refractivity contribution < 1.29 is 4.79 Å². The molecule has 0 bridgehead atoms. The van der Waals surface area contributed by atoms with Crippen molar-refractivity contribution in [3.05, 3.63) is 106 Å². The second-order valence-electron chi connectivity index (χ2n) is 6.43. The van der Waals surface area contributed by atoms with Gasteiger partial charge in [0.2, 0.25) is 11.3 Å². The molecule has 3 aromatic carbocycles. The Morgan fingerprint density at radius 3 is 2.48 bits per heavy atom. The molecule has 5 nitrogen and oxygen atoms in total. The van der Waals surface area contributed by atoms with E-state index in [1.807, 2.05) is 60.7 Å². The summed E-state index contributed by atoms with van der Waals surface area (Å²) in [4.78, 5) is 24.4. The summed E-state index contributed by atoms with van der Waals surface area (Å²) in [5.41, 5.74) is 2.84. The second kappa shape index (κ2) is 8.24. The molecule has 0 spiro atoms. The Labute approximate surface area is 167 Å². The van der Waals surface area contributed by atoms with Crippen LogP contribution in [0.25, 0.3) is 10.9 Å². The molecule has 1 heterocycles. The summed E-state index contributed by atoms with van der Waals surface area (Å²) < 4.78 is 1.52. The SMILES string of the molecule is O=C(Cn1ncc(=O)c2ccccc21)Nc1cccc(C#Cc2ccccc2)c1. The number of fused-ring (bicyclic) bond motifs is 1. The maximum atomic E-state index is 12.5. The van der Waals surface area contributed by atoms with E-state index in [0.717, 1.165) is 11.1 Å². The molecule has 0 saturated carbocycles. The Morgan fingerprint density at radius 2 is 1.62 bits per heavy atom. The number of carbonyl (C=O) groups excluding carboxylic acids is 1. The number of carbonyl (C=O) groups is 1. The molecule has 1 aromatic heterocycles. The van der Waals surface area contributed by atoms with Crippen molar-refractivity contribution in [2.75, 3.05) is 5.32 Å². The standard InChI is InChI=1S/C24H17N3O2/c28-23-16-25-27(22-12-5-4-11-21(22)23)17-24(29)26-20-10-6-9-19(15-20)14-13-18-7-2-1-3-8-18/h1-12,15-16H,17H2,(H,26,29). The molecule has 4 rings (SSSR count). The van der Waals surface area contributed by atoms with Crippen LogP contribution in [0.3, 0.4) is 0 Å². The molecule has 29 heavy (non-hydrogen) atoms. The first kappa shape index (κ1) is 18.2. The van der Waals surface area contributed by atoms with Crippen LogP contribution in [0.1, 0.15) is 11.1 Å². The highest BCUT2D eigenvalue weighted by atomic mass is 16.2. The van der Waals surface area contributed by atoms with Gasteiger partial charge in [0.05, 0.1) is 11.7 Å². The number of para-hydroxylation sites is 1. The molecule has 0 unspecified atom stereocenters. The fourth-order valence-electron chi connectivity index (χ4n) is 2.96. The predicted octanol–water partition coefficient (Wildman–Crippen LogP) is 3.44. The Kier molecular flexibility index (Phi) is 5.17. The van der Waals surface area contributed by atoms with Crippen LogP contribution in [0.2, 0.25) is 0 Å². The van der Waals surface area contributed by atoms with E-state index in [1.165, 1.54) is 10.9 Å². The summed E-state index contributed by atoms with van der Waals surface area (Å²) >= 11 is 0. The van der Waals surface area contributed by atoms with Gasteiger partial charge >= 0.3 is 0 Å². The van der Waals surface area contributed by atoms with Crippen molar-refractivity contribution in [1.29, 1.82) is 0 Å². The van der Waals surface area contributed by atoms with Crippen molar-refractivity contribution in [3.8, 4) is 11.8 Å². The van der Waals surface area contributed by atoms with Gasteiger partial charge in [-0.25, -0.2) is 0 Å². The highest BCUT2D eigenvalue weighted by Crippen LogP contribution is 2.12. The number of benzene rings is 3. The van der Waals surface area contributed by atoms with E-state index >= 15 is 0 Å². The normalized spacial score (nSPS) is 10.2. The minimum atomic E-state index is -0.237. The average Bonchev–Trinajstić information content (AvgIpc) is 2.75. The summed E-state index contributed by atoms with van der Waals surface area (Å²) in [6.07, 6.45) is 1.23. The monoisotopic (exact) mass is 379 g/mol. The summed E-state index contributed by atoms with van der Waals surface area (Å²) in [5, 5.41) is 7.49. The predicted molar refractivity (Wildman–Crippen MR) is 113 cm³/mol. The number of aromatic nitrogens is 2. The summed E-state index contributed by atoms with van der Waals surface area (Å²) in [5.74, 6) is 5.96. The number of rotatable bonds is 3. The molecule has 0 atom stereocenters. The second-order valence-corrected chi connectivity index (χ2v) is 6.43. The molecule has 4 aromatic rings. The maximum Gasteiger partial charge on any atom is 0.246 e. The zero-order chi connectivity index (χ0) is 20.1. The molecular formula is C24H17N3O2. The van der Waals surface area contributed by atoms with E-state index in [9.17, 15) is 9.59 Å². The zero-order valence-corrected chi connectivity index (χ0v) is 15.5. The lowest BCUT2D eigenvalue weighted by atomic mass is 10.1. The Hall–Kier alpha value is -4.17. The molecule has 0 aliphatic rings. The summed E-state index contributed by atoms with van der Waals surface area (Å²) in [6, 6.07) is 24.2. The van der Waals surface area contributed by atoms with E-state index < -0.39 is 0 Å². The van der Waals surface area contributed by atoms with Crippen molar-refractivity contribution in [2.45, 2.75) is 6.54 Å². The number of nitrogens with zero attached hydrogens (tertiary/aromatic N) is 2. The molecule has 0 saturated heterocycles. The quantitative estimate of drug-likeness (QED) is 0.555. The first-order chi connectivity index (χ1) is 14.2. The molecule has 0 fully saturated rings. The highest BCUT2D eigenvalue weighted by molar-refractivity contribution is 5.91. The maximum absolute atomic E-state index is 12.5. The summed E-state index contributed by atoms with van der Waals surface area (Å²) in [7, 11) is 0. The minimum absolute atomic E-state index is 0.000709. The number of nitrogens with one attached hydrogen (secondary N) is 1. The van der Waals surface area contributed by atoms with E-state index in [4.69, 9.17) is 0 Å². The first-order valence-electron chi connectivity index (χ1n) is 9.11. The van der Waals surface area contributed by atoms with E-state index in [1.54, 1.807) is 18.2 Å². The fraction of sp³-hybridized carbons (Fsp3) is 0.0417. The van der Waals surface area contributed by atoms with Crippen molar-refractivity contribution in [2.24, 2.45) is 0 Å². The molecule has 0 aliphatic carbocycles. The first-order valence-corrected chi connectivity index (χ1v) is 9.11. The minimum Gasteiger partial charge on any atom is -0.324 e. The van der Waals surface area contributed by atoms with E-state index in [-0.39, 0.29) is 17.9 Å². The van der Waals surface area contributed by atoms with Crippen LogP contribution < -0.4 is 10.7 Å². The molecule has 0 aliphatic heterocycles. The third kappa shape index (κ3) is 4.40. The largest absolute Gasteiger partial charge is 0.324 e. The van der Waals surface area contributed by atoms with Gasteiger partial charge in [0.1, 0.15) is 6.54 Å². The molecular weight excluding hydrogens is 362 g/mol. The Bertz CT molecular complexity index is 1300. The summed E-state index contributed by atoms with van der Waals surface area (Å²) in [6.45, 7) is 0.000709. The lowest BCUT2D eigenvalue weighted by Crippen LogP contribution is -2.22. The van der Waals surface area contributed by atoms with Gasteiger partial charge < -0.3 is 5.32 Å². The Morgan fingerprint density at radius 1 is 0.897 bits per heavy atom. The lowest BCUT2D eigenvalue weighted by molar-refractivity contribution is -0.116. The zero-order valence-electron chi connectivity index (χ0n) is 15.5. The van der Waals surface area contributed by atoms with Crippen LogP contribution in [0.4, 0.5) is 5.69 Å². The third-order valence-corrected chi connectivity index (χ3v) is 4.33. The van der Waals surface area contributed by atoms with Crippen LogP contribution in [0.5, 0.6) is 0 Å². The van der Waals surface area contributed by atoms with Gasteiger partial charge in [0.15, 0.2) is 0 Å². The van der Waals surface area contributed by atoms with Gasteiger partial charge in [-0.05, 0) is 42.5 Å². The van der Waals surface area contributed by atoms with Crippen molar-refractivity contribution in [3.63, 3.8) is 0 Å². The number of amides is 1. The number of anilines is 1. The molecule has 140 valence electrons. The van der Waals surface area contributed by atoms with Crippen molar-refractivity contribution in [1.82, 2.24) is 9.78 Å². The third-order valence-electron chi connectivity index (χ3n) is 4.33. The number of hydrogen-bond donors (Lipinski definition) is 1. The van der Waals surface area contributed by atoms with E-state index in [0.29, 0.717) is 16.6 Å². The Balaban J connectivity index is 1.51. The van der Waals surface area contributed by atoms with Gasteiger partial charge in [-0.15, -0.1) is 0 Å². The fourth-order valence-corrected chi connectivity index (χ4v) is 2.96. The van der Waals surface area contributed by atoms with Gasteiger partial charge in [-0.1, -0.05) is 48.2 Å². The van der Waals surface area contributed by atoms with Gasteiger partial charge in [0, 0.05) is 22.2 Å².